The average Bonchev–Trinajstić information content (AvgIpc) is 2.92. The third kappa shape index (κ3) is 2.33. The van der Waals surface area contributed by atoms with E-state index in [2.05, 4.69) is 30.3 Å². The Hall–Kier alpha value is -1.89. The van der Waals surface area contributed by atoms with E-state index in [1.165, 1.54) is 17.2 Å². The smallest absolute Gasteiger partial charge is 0.126 e. The van der Waals surface area contributed by atoms with Crippen LogP contribution in [0.3, 0.4) is 0 Å². The molecule has 0 nitrogen and oxygen atoms in total. The van der Waals surface area contributed by atoms with Crippen molar-refractivity contribution in [3.05, 3.63) is 77.1 Å². The van der Waals surface area contributed by atoms with Crippen molar-refractivity contribution >= 4 is 5.57 Å². The van der Waals surface area contributed by atoms with E-state index >= 15 is 0 Å². The molecule has 0 aliphatic heterocycles. The van der Waals surface area contributed by atoms with Crippen LogP contribution in [0.4, 0.5) is 4.39 Å². The molecule has 3 rings (SSSR count). The van der Waals surface area contributed by atoms with Crippen LogP contribution in [0.1, 0.15) is 35.4 Å². The molecule has 0 aromatic heterocycles. The van der Waals surface area contributed by atoms with Crippen LogP contribution in [0.15, 0.2) is 54.6 Å². The van der Waals surface area contributed by atoms with Gasteiger partial charge in [0.15, 0.2) is 0 Å². The van der Waals surface area contributed by atoms with E-state index in [1.807, 2.05) is 25.1 Å². The topological polar surface area (TPSA) is 0 Å². The Balaban J connectivity index is 1.93. The highest BCUT2D eigenvalue weighted by atomic mass is 19.1. The van der Waals surface area contributed by atoms with E-state index in [0.717, 1.165) is 24.0 Å². The molecule has 1 unspecified atom stereocenters. The summed E-state index contributed by atoms with van der Waals surface area (Å²) in [5.74, 6) is 0.255. The van der Waals surface area contributed by atoms with Crippen LogP contribution in [0.2, 0.25) is 0 Å². The Morgan fingerprint density at radius 2 is 1.79 bits per heavy atom. The predicted octanol–water partition coefficient (Wildman–Crippen LogP) is 5.10. The quantitative estimate of drug-likeness (QED) is 0.698. The van der Waals surface area contributed by atoms with E-state index in [1.54, 1.807) is 0 Å². The Bertz CT molecular complexity index is 611. The van der Waals surface area contributed by atoms with Crippen LogP contribution >= 0.6 is 0 Å². The van der Waals surface area contributed by atoms with Crippen LogP contribution in [0, 0.1) is 12.7 Å². The summed E-state index contributed by atoms with van der Waals surface area (Å²) in [7, 11) is 0. The molecular weight excluding hydrogens is 235 g/mol. The third-order valence-electron chi connectivity index (χ3n) is 3.98. The van der Waals surface area contributed by atoms with Gasteiger partial charge >= 0.3 is 0 Å². The standard InChI is InChI=1S/C18H17F/c1-13-17(8-5-9-18(13)19)16-11-10-15(12-16)14-6-3-2-4-7-14/h2-9,12,16H,10-11H2,1H3. The van der Waals surface area contributed by atoms with Crippen molar-refractivity contribution in [3.63, 3.8) is 0 Å². The van der Waals surface area contributed by atoms with E-state index in [0.29, 0.717) is 5.92 Å². The van der Waals surface area contributed by atoms with Crippen molar-refractivity contribution in [2.45, 2.75) is 25.7 Å². The van der Waals surface area contributed by atoms with E-state index < -0.39 is 0 Å². The molecule has 0 amide bonds. The Kier molecular flexibility index (Phi) is 3.20. The molecule has 1 heteroatoms. The lowest BCUT2D eigenvalue weighted by Gasteiger charge is -2.11. The highest BCUT2D eigenvalue weighted by Gasteiger charge is 2.20. The van der Waals surface area contributed by atoms with E-state index in [-0.39, 0.29) is 5.82 Å². The fourth-order valence-corrected chi connectivity index (χ4v) is 2.88. The summed E-state index contributed by atoms with van der Waals surface area (Å²) in [6.45, 7) is 1.87. The highest BCUT2D eigenvalue weighted by molar-refractivity contribution is 5.69. The molecule has 1 aliphatic rings. The van der Waals surface area contributed by atoms with Crippen LogP contribution in [-0.4, -0.2) is 0 Å². The number of hydrogen-bond acceptors (Lipinski definition) is 0. The van der Waals surface area contributed by atoms with Gasteiger partial charge in [-0.2, -0.15) is 0 Å². The summed E-state index contributed by atoms with van der Waals surface area (Å²) >= 11 is 0. The summed E-state index contributed by atoms with van der Waals surface area (Å²) in [4.78, 5) is 0. The zero-order chi connectivity index (χ0) is 13.2. The summed E-state index contributed by atoms with van der Waals surface area (Å²) in [6.07, 6.45) is 4.45. The van der Waals surface area contributed by atoms with Gasteiger partial charge in [0.1, 0.15) is 5.82 Å². The Labute approximate surface area is 113 Å². The number of hydrogen-bond donors (Lipinski definition) is 0. The molecule has 0 spiro atoms. The largest absolute Gasteiger partial charge is 0.207 e. The predicted molar refractivity (Wildman–Crippen MR) is 77.5 cm³/mol. The van der Waals surface area contributed by atoms with Gasteiger partial charge in [-0.1, -0.05) is 48.5 Å². The second-order valence-corrected chi connectivity index (χ2v) is 5.16. The molecule has 1 atom stereocenters. The molecule has 19 heavy (non-hydrogen) atoms. The van der Waals surface area contributed by atoms with Gasteiger partial charge in [-0.15, -0.1) is 0 Å². The molecule has 0 saturated carbocycles. The lowest BCUT2D eigenvalue weighted by atomic mass is 9.94. The minimum absolute atomic E-state index is 0.0981. The lowest BCUT2D eigenvalue weighted by molar-refractivity contribution is 0.612. The number of halogens is 1. The molecule has 1 aliphatic carbocycles. The van der Waals surface area contributed by atoms with Crippen LogP contribution in [-0.2, 0) is 0 Å². The molecule has 0 N–H and O–H groups in total. The normalized spacial score (nSPS) is 18.4. The Morgan fingerprint density at radius 1 is 1.00 bits per heavy atom. The molecule has 2 aromatic carbocycles. The summed E-state index contributed by atoms with van der Waals surface area (Å²) in [6, 6.07) is 15.9. The molecule has 0 fully saturated rings. The Morgan fingerprint density at radius 3 is 2.58 bits per heavy atom. The average molecular weight is 252 g/mol. The number of benzene rings is 2. The molecule has 0 radical (unpaired) electrons. The zero-order valence-electron chi connectivity index (χ0n) is 11.1. The molecule has 0 bridgehead atoms. The third-order valence-corrected chi connectivity index (χ3v) is 3.98. The highest BCUT2D eigenvalue weighted by Crippen LogP contribution is 2.38. The maximum atomic E-state index is 13.6. The van der Waals surface area contributed by atoms with Crippen molar-refractivity contribution in [3.8, 4) is 0 Å². The fraction of sp³-hybridized carbons (Fsp3) is 0.222. The first kappa shape index (κ1) is 12.2. The van der Waals surface area contributed by atoms with Crippen molar-refractivity contribution in [2.24, 2.45) is 0 Å². The summed E-state index contributed by atoms with van der Waals surface area (Å²) in [5.41, 5.74) is 4.59. The second-order valence-electron chi connectivity index (χ2n) is 5.16. The first-order chi connectivity index (χ1) is 9.25. The van der Waals surface area contributed by atoms with Gasteiger partial charge in [-0.3, -0.25) is 0 Å². The second kappa shape index (κ2) is 5.00. The van der Waals surface area contributed by atoms with Gasteiger partial charge in [-0.05, 0) is 48.1 Å². The van der Waals surface area contributed by atoms with Crippen LogP contribution in [0.5, 0.6) is 0 Å². The van der Waals surface area contributed by atoms with Gasteiger partial charge in [-0.25, -0.2) is 4.39 Å². The van der Waals surface area contributed by atoms with Gasteiger partial charge < -0.3 is 0 Å². The monoisotopic (exact) mass is 252 g/mol. The van der Waals surface area contributed by atoms with Gasteiger partial charge in [0, 0.05) is 5.92 Å². The van der Waals surface area contributed by atoms with Crippen molar-refractivity contribution in [1.29, 1.82) is 0 Å². The molecule has 0 saturated heterocycles. The van der Waals surface area contributed by atoms with Crippen molar-refractivity contribution in [1.82, 2.24) is 0 Å². The minimum atomic E-state index is -0.0981. The zero-order valence-corrected chi connectivity index (χ0v) is 11.1. The maximum absolute atomic E-state index is 13.6. The minimum Gasteiger partial charge on any atom is -0.207 e. The van der Waals surface area contributed by atoms with Gasteiger partial charge in [0.25, 0.3) is 0 Å². The van der Waals surface area contributed by atoms with Crippen molar-refractivity contribution in [2.75, 3.05) is 0 Å². The van der Waals surface area contributed by atoms with Crippen LogP contribution < -0.4 is 0 Å². The first-order valence-electron chi connectivity index (χ1n) is 6.77. The number of rotatable bonds is 2. The van der Waals surface area contributed by atoms with Crippen LogP contribution in [0.25, 0.3) is 5.57 Å². The molecule has 0 heterocycles. The lowest BCUT2D eigenvalue weighted by Crippen LogP contribution is -1.96. The van der Waals surface area contributed by atoms with Gasteiger partial charge in [0.05, 0.1) is 0 Å². The molecular formula is C18H17F. The SMILES string of the molecule is Cc1c(F)cccc1C1C=C(c2ccccc2)CC1. The summed E-state index contributed by atoms with van der Waals surface area (Å²) in [5, 5.41) is 0. The summed E-state index contributed by atoms with van der Waals surface area (Å²) < 4.78 is 13.6. The fourth-order valence-electron chi connectivity index (χ4n) is 2.88. The molecule has 96 valence electrons. The first-order valence-corrected chi connectivity index (χ1v) is 6.77. The van der Waals surface area contributed by atoms with E-state index in [4.69, 9.17) is 0 Å². The molecule has 2 aromatic rings. The maximum Gasteiger partial charge on any atom is 0.126 e. The van der Waals surface area contributed by atoms with E-state index in [9.17, 15) is 4.39 Å². The number of allylic oxidation sites excluding steroid dienone is 2. The van der Waals surface area contributed by atoms with Crippen molar-refractivity contribution < 1.29 is 4.39 Å². The van der Waals surface area contributed by atoms with Gasteiger partial charge in [0.2, 0.25) is 0 Å².